The van der Waals surface area contributed by atoms with Gasteiger partial charge in [0.1, 0.15) is 0 Å². The van der Waals surface area contributed by atoms with Crippen molar-refractivity contribution in [2.24, 2.45) is 0 Å². The number of hydrogen-bond donors (Lipinski definition) is 1. The molecule has 0 saturated heterocycles. The van der Waals surface area contributed by atoms with Crippen molar-refractivity contribution in [3.8, 4) is 0 Å². The predicted molar refractivity (Wildman–Crippen MR) is 146 cm³/mol. The Morgan fingerprint density at radius 1 is 1.06 bits per heavy atom. The number of carbonyl (C=O) groups excluding carboxylic acids is 2. The van der Waals surface area contributed by atoms with Gasteiger partial charge in [-0.05, 0) is 48.6 Å². The molecule has 0 saturated carbocycles. The number of hydrogen-bond acceptors (Lipinski definition) is 7. The lowest BCUT2D eigenvalue weighted by Crippen LogP contribution is -2.31. The number of aromatic nitrogens is 2. The third kappa shape index (κ3) is 4.13. The lowest BCUT2D eigenvalue weighted by atomic mass is 9.85. The van der Waals surface area contributed by atoms with Gasteiger partial charge in [0.2, 0.25) is 5.78 Å². The van der Waals surface area contributed by atoms with Gasteiger partial charge in [0.25, 0.3) is 5.91 Å². The lowest BCUT2D eigenvalue weighted by molar-refractivity contribution is -0.117. The highest BCUT2D eigenvalue weighted by molar-refractivity contribution is 7.22. The smallest absolute Gasteiger partial charge is 0.296 e. The van der Waals surface area contributed by atoms with Gasteiger partial charge in [-0.1, -0.05) is 68.0 Å². The summed E-state index contributed by atoms with van der Waals surface area (Å²) in [5.74, 6) is -1.62. The van der Waals surface area contributed by atoms with E-state index in [1.165, 1.54) is 27.6 Å². The maximum absolute atomic E-state index is 13.8. The molecule has 1 aliphatic rings. The van der Waals surface area contributed by atoms with Crippen LogP contribution in [-0.4, -0.2) is 26.8 Å². The number of fused-ring (bicyclic) bond motifs is 1. The third-order valence-electron chi connectivity index (χ3n) is 6.20. The standard InChI is InChI=1S/C27H24ClN3O3S2/c1-13-24(35-14(2)29-13)22(32)20-21(15-6-8-16(9-7-15)27(3,4)5)31(25(34)23(20)33)26-30-18-11-10-17(28)12-19(18)36-26/h6-12,21,33H,1-5H3. The zero-order valence-corrected chi connectivity index (χ0v) is 22.8. The average molecular weight is 538 g/mol. The van der Waals surface area contributed by atoms with E-state index in [4.69, 9.17) is 11.6 Å². The number of nitrogens with zero attached hydrogens (tertiary/aromatic N) is 3. The van der Waals surface area contributed by atoms with Gasteiger partial charge in [0, 0.05) is 5.02 Å². The fourth-order valence-electron chi connectivity index (χ4n) is 4.37. The first kappa shape index (κ1) is 24.6. The molecule has 4 aromatic rings. The molecule has 1 atom stereocenters. The fourth-order valence-corrected chi connectivity index (χ4v) is 6.51. The van der Waals surface area contributed by atoms with Crippen molar-refractivity contribution in [1.82, 2.24) is 9.97 Å². The van der Waals surface area contributed by atoms with Gasteiger partial charge < -0.3 is 5.11 Å². The number of aliphatic hydroxyl groups excluding tert-OH is 1. The topological polar surface area (TPSA) is 83.4 Å². The minimum atomic E-state index is -0.836. The summed E-state index contributed by atoms with van der Waals surface area (Å²) in [6.07, 6.45) is 0. The minimum Gasteiger partial charge on any atom is -0.503 e. The first-order valence-electron chi connectivity index (χ1n) is 11.4. The van der Waals surface area contributed by atoms with E-state index in [0.717, 1.165) is 15.3 Å². The number of halogens is 1. The van der Waals surface area contributed by atoms with Gasteiger partial charge in [0.15, 0.2) is 10.9 Å². The molecular weight excluding hydrogens is 514 g/mol. The maximum atomic E-state index is 13.8. The molecule has 3 heterocycles. The molecule has 184 valence electrons. The Morgan fingerprint density at radius 2 is 1.75 bits per heavy atom. The molecule has 2 aromatic heterocycles. The van der Waals surface area contributed by atoms with Crippen LogP contribution in [0.3, 0.4) is 0 Å². The molecule has 0 aliphatic carbocycles. The average Bonchev–Trinajstić information content (AvgIpc) is 3.46. The largest absolute Gasteiger partial charge is 0.503 e. The van der Waals surface area contributed by atoms with E-state index in [9.17, 15) is 14.7 Å². The highest BCUT2D eigenvalue weighted by Crippen LogP contribution is 2.45. The number of thiazole rings is 2. The summed E-state index contributed by atoms with van der Waals surface area (Å²) >= 11 is 8.71. The Kier molecular flexibility index (Phi) is 6.01. The molecule has 0 radical (unpaired) electrons. The minimum absolute atomic E-state index is 0.0348. The Hall–Kier alpha value is -3.07. The second kappa shape index (κ2) is 8.80. The predicted octanol–water partition coefficient (Wildman–Crippen LogP) is 7.10. The summed E-state index contributed by atoms with van der Waals surface area (Å²) in [5, 5.41) is 12.7. The second-order valence-electron chi connectivity index (χ2n) is 9.80. The molecule has 1 N–H and O–H groups in total. The van der Waals surface area contributed by atoms with Gasteiger partial charge >= 0.3 is 0 Å². The summed E-state index contributed by atoms with van der Waals surface area (Å²) in [6.45, 7) is 9.94. The Morgan fingerprint density at radius 3 is 2.36 bits per heavy atom. The number of carbonyl (C=O) groups is 2. The summed E-state index contributed by atoms with van der Waals surface area (Å²) < 4.78 is 0.806. The van der Waals surface area contributed by atoms with Gasteiger partial charge in [-0.25, -0.2) is 9.97 Å². The number of aryl methyl sites for hydroxylation is 2. The van der Waals surface area contributed by atoms with Gasteiger partial charge in [-0.15, -0.1) is 11.3 Å². The number of amides is 1. The maximum Gasteiger partial charge on any atom is 0.296 e. The fraction of sp³-hybridized carbons (Fsp3) is 0.259. The molecule has 1 amide bonds. The highest BCUT2D eigenvalue weighted by atomic mass is 35.5. The lowest BCUT2D eigenvalue weighted by Gasteiger charge is -2.26. The molecular formula is C27H24ClN3O3S2. The van der Waals surface area contributed by atoms with Gasteiger partial charge in [0.05, 0.1) is 37.4 Å². The van der Waals surface area contributed by atoms with Crippen LogP contribution in [0.15, 0.2) is 53.8 Å². The molecule has 0 fully saturated rings. The van der Waals surface area contributed by atoms with Gasteiger partial charge in [-0.3, -0.25) is 14.5 Å². The molecule has 2 aromatic carbocycles. The first-order chi connectivity index (χ1) is 17.0. The van der Waals surface area contributed by atoms with Crippen molar-refractivity contribution < 1.29 is 14.7 Å². The van der Waals surface area contributed by atoms with Gasteiger partial charge in [-0.2, -0.15) is 0 Å². The summed E-state index contributed by atoms with van der Waals surface area (Å²) in [6, 6.07) is 12.3. The Balaban J connectivity index is 1.68. The number of rotatable bonds is 4. The van der Waals surface area contributed by atoms with E-state index in [2.05, 4.69) is 30.7 Å². The van der Waals surface area contributed by atoms with Crippen molar-refractivity contribution in [3.63, 3.8) is 0 Å². The van der Waals surface area contributed by atoms with E-state index >= 15 is 0 Å². The molecule has 1 aliphatic heterocycles. The number of anilines is 1. The van der Waals surface area contributed by atoms with Crippen molar-refractivity contribution in [1.29, 1.82) is 0 Å². The van der Waals surface area contributed by atoms with Crippen molar-refractivity contribution in [2.45, 2.75) is 46.1 Å². The molecule has 5 rings (SSSR count). The molecule has 36 heavy (non-hydrogen) atoms. The summed E-state index contributed by atoms with van der Waals surface area (Å²) in [5.41, 5.74) is 3.05. The third-order valence-corrected chi connectivity index (χ3v) is 8.52. The number of benzene rings is 2. The first-order valence-corrected chi connectivity index (χ1v) is 13.4. The van der Waals surface area contributed by atoms with Crippen LogP contribution in [-0.2, 0) is 10.2 Å². The number of ketones is 1. The van der Waals surface area contributed by atoms with Crippen LogP contribution in [0.25, 0.3) is 10.2 Å². The summed E-state index contributed by atoms with van der Waals surface area (Å²) in [7, 11) is 0. The molecule has 0 bridgehead atoms. The SMILES string of the molecule is Cc1nc(C)c(C(=O)C2=C(O)C(=O)N(c3nc4ccc(Cl)cc4s3)C2c2ccc(C(C)(C)C)cc2)s1. The van der Waals surface area contributed by atoms with Crippen LogP contribution in [0, 0.1) is 13.8 Å². The van der Waals surface area contributed by atoms with E-state index in [-0.39, 0.29) is 11.0 Å². The second-order valence-corrected chi connectivity index (χ2v) is 12.4. The van der Waals surface area contributed by atoms with E-state index < -0.39 is 23.5 Å². The van der Waals surface area contributed by atoms with Crippen LogP contribution < -0.4 is 4.90 Å². The Bertz CT molecular complexity index is 1560. The monoisotopic (exact) mass is 537 g/mol. The van der Waals surface area contributed by atoms with E-state index in [0.29, 0.717) is 31.8 Å². The quantitative estimate of drug-likeness (QED) is 0.281. The van der Waals surface area contributed by atoms with Crippen molar-refractivity contribution >= 4 is 61.3 Å². The van der Waals surface area contributed by atoms with E-state index in [1.807, 2.05) is 31.2 Å². The zero-order chi connectivity index (χ0) is 25.9. The van der Waals surface area contributed by atoms with Crippen LogP contribution in [0.1, 0.15) is 58.3 Å². The number of Topliss-reactive ketones (excluding diaryl/α,β-unsaturated/α-hetero) is 1. The molecule has 6 nitrogen and oxygen atoms in total. The van der Waals surface area contributed by atoms with Crippen LogP contribution in [0.4, 0.5) is 5.13 Å². The Labute approximate surface area is 221 Å². The summed E-state index contributed by atoms with van der Waals surface area (Å²) in [4.78, 5) is 38.1. The van der Waals surface area contributed by atoms with Crippen LogP contribution >= 0.6 is 34.3 Å². The normalized spacial score (nSPS) is 16.4. The zero-order valence-electron chi connectivity index (χ0n) is 20.4. The molecule has 9 heteroatoms. The highest BCUT2D eigenvalue weighted by Gasteiger charge is 2.46. The van der Waals surface area contributed by atoms with Crippen LogP contribution in [0.5, 0.6) is 0 Å². The van der Waals surface area contributed by atoms with E-state index in [1.54, 1.807) is 25.1 Å². The number of aliphatic hydroxyl groups is 1. The van der Waals surface area contributed by atoms with Crippen molar-refractivity contribution in [3.05, 3.63) is 85.5 Å². The molecule has 1 unspecified atom stereocenters. The van der Waals surface area contributed by atoms with Crippen LogP contribution in [0.2, 0.25) is 5.02 Å². The molecule has 0 spiro atoms. The van der Waals surface area contributed by atoms with Crippen molar-refractivity contribution in [2.75, 3.05) is 4.90 Å².